The first-order valence-electron chi connectivity index (χ1n) is 8.64. The van der Waals surface area contributed by atoms with Crippen molar-refractivity contribution in [2.24, 2.45) is 5.92 Å². The van der Waals surface area contributed by atoms with Crippen LogP contribution in [-0.2, 0) is 19.1 Å². The quantitative estimate of drug-likeness (QED) is 0.623. The van der Waals surface area contributed by atoms with Crippen molar-refractivity contribution in [1.29, 1.82) is 0 Å². The van der Waals surface area contributed by atoms with Gasteiger partial charge in [0.25, 0.3) is 10.1 Å². The summed E-state index contributed by atoms with van der Waals surface area (Å²) in [6.07, 6.45) is 0.122. The van der Waals surface area contributed by atoms with E-state index in [1.54, 1.807) is 12.1 Å². The number of hydrogen-bond donors (Lipinski definition) is 0. The number of carbonyl (C=O) groups is 1. The second-order valence-corrected chi connectivity index (χ2v) is 9.42. The van der Waals surface area contributed by atoms with Crippen LogP contribution in [0.2, 0.25) is 10.0 Å². The number of Topliss-reactive ketones (excluding diaryl/α,β-unsaturated/α-hetero) is 1. The van der Waals surface area contributed by atoms with Crippen LogP contribution in [0.1, 0.15) is 22.6 Å². The van der Waals surface area contributed by atoms with E-state index < -0.39 is 28.1 Å². The van der Waals surface area contributed by atoms with E-state index in [2.05, 4.69) is 0 Å². The van der Waals surface area contributed by atoms with Crippen molar-refractivity contribution in [1.82, 2.24) is 0 Å². The van der Waals surface area contributed by atoms with Crippen molar-refractivity contribution in [3.05, 3.63) is 63.1 Å². The maximum atomic E-state index is 12.9. The van der Waals surface area contributed by atoms with Gasteiger partial charge in [-0.05, 0) is 48.7 Å². The lowest BCUT2D eigenvalue weighted by Crippen LogP contribution is -2.55. The second kappa shape index (κ2) is 8.03. The van der Waals surface area contributed by atoms with Gasteiger partial charge < -0.3 is 4.74 Å². The van der Waals surface area contributed by atoms with E-state index in [1.807, 2.05) is 32.0 Å². The molecule has 5 nitrogen and oxygen atoms in total. The van der Waals surface area contributed by atoms with Crippen LogP contribution in [-0.4, -0.2) is 33.2 Å². The predicted molar refractivity (Wildman–Crippen MR) is 109 cm³/mol. The molecule has 0 amide bonds. The molecule has 0 aliphatic heterocycles. The maximum Gasteiger partial charge on any atom is 0.264 e. The van der Waals surface area contributed by atoms with Gasteiger partial charge in [0.15, 0.2) is 11.9 Å². The lowest BCUT2D eigenvalue weighted by molar-refractivity contribution is -0.145. The first-order chi connectivity index (χ1) is 13.1. The van der Waals surface area contributed by atoms with E-state index in [0.29, 0.717) is 10.8 Å². The number of rotatable bonds is 6. The van der Waals surface area contributed by atoms with Gasteiger partial charge in [0.05, 0.1) is 23.8 Å². The fraction of sp³-hybridized carbons (Fsp3) is 0.350. The molecule has 1 aliphatic carbocycles. The van der Waals surface area contributed by atoms with E-state index in [-0.39, 0.29) is 17.4 Å². The minimum Gasteiger partial charge on any atom is -0.481 e. The molecule has 3 atom stereocenters. The van der Waals surface area contributed by atoms with Crippen molar-refractivity contribution in [3.63, 3.8) is 0 Å². The molecule has 0 bridgehead atoms. The minimum absolute atomic E-state index is 0.137. The third-order valence-corrected chi connectivity index (χ3v) is 6.10. The maximum absolute atomic E-state index is 12.9. The highest BCUT2D eigenvalue weighted by molar-refractivity contribution is 7.85. The van der Waals surface area contributed by atoms with E-state index in [0.717, 1.165) is 22.9 Å². The number of hydrogen-bond acceptors (Lipinski definition) is 5. The number of carbonyl (C=O) groups excluding carboxylic acids is 1. The highest BCUT2D eigenvalue weighted by Gasteiger charge is 2.53. The lowest BCUT2D eigenvalue weighted by Gasteiger charge is -2.43. The lowest BCUT2D eigenvalue weighted by atomic mass is 9.65. The van der Waals surface area contributed by atoms with Crippen LogP contribution < -0.4 is 4.74 Å². The molecule has 0 unspecified atom stereocenters. The van der Waals surface area contributed by atoms with Crippen molar-refractivity contribution in [3.8, 4) is 5.75 Å². The molecule has 0 heterocycles. The van der Waals surface area contributed by atoms with Crippen LogP contribution in [0, 0.1) is 19.8 Å². The zero-order valence-corrected chi connectivity index (χ0v) is 17.9. The zero-order chi connectivity index (χ0) is 20.6. The van der Waals surface area contributed by atoms with Crippen molar-refractivity contribution < 1.29 is 22.1 Å². The van der Waals surface area contributed by atoms with Crippen LogP contribution in [0.5, 0.6) is 5.75 Å². The van der Waals surface area contributed by atoms with Crippen molar-refractivity contribution in [2.75, 3.05) is 12.9 Å². The van der Waals surface area contributed by atoms with Crippen LogP contribution in [0.25, 0.3) is 0 Å². The molecule has 8 heteroatoms. The van der Waals surface area contributed by atoms with Gasteiger partial charge in [-0.1, -0.05) is 41.4 Å². The Kier molecular flexibility index (Phi) is 6.05. The average Bonchev–Trinajstić information content (AvgIpc) is 2.60. The SMILES string of the molecule is Cc1cccc([C@@H]2C(=O)[C@H](Oc3ccc(Cl)cc3Cl)[C@@H]2COS(C)(=O)=O)c1C. The van der Waals surface area contributed by atoms with Crippen LogP contribution >= 0.6 is 23.2 Å². The molecule has 0 radical (unpaired) electrons. The Morgan fingerprint density at radius 2 is 1.82 bits per heavy atom. The van der Waals surface area contributed by atoms with Crippen LogP contribution in [0.15, 0.2) is 36.4 Å². The Bertz CT molecular complexity index is 1020. The Labute approximate surface area is 174 Å². The summed E-state index contributed by atoms with van der Waals surface area (Å²) in [5, 5.41) is 0.723. The summed E-state index contributed by atoms with van der Waals surface area (Å²) in [6.45, 7) is 3.75. The van der Waals surface area contributed by atoms with Gasteiger partial charge in [-0.3, -0.25) is 8.98 Å². The molecule has 1 aliphatic rings. The summed E-state index contributed by atoms with van der Waals surface area (Å²) in [6, 6.07) is 10.4. The fourth-order valence-electron chi connectivity index (χ4n) is 3.39. The fourth-order valence-corrected chi connectivity index (χ4v) is 4.25. The predicted octanol–water partition coefficient (Wildman–Crippen LogP) is 4.32. The van der Waals surface area contributed by atoms with E-state index in [1.165, 1.54) is 6.07 Å². The highest BCUT2D eigenvalue weighted by atomic mass is 35.5. The monoisotopic (exact) mass is 442 g/mol. The Hall–Kier alpha value is -1.60. The molecular formula is C20H20Cl2O5S. The number of ether oxygens (including phenoxy) is 1. The first-order valence-corrected chi connectivity index (χ1v) is 11.2. The molecule has 2 aromatic rings. The van der Waals surface area contributed by atoms with Gasteiger partial charge in [0.2, 0.25) is 0 Å². The molecule has 150 valence electrons. The normalized spacial score (nSPS) is 22.0. The number of benzene rings is 2. The number of aryl methyl sites for hydroxylation is 1. The second-order valence-electron chi connectivity index (χ2n) is 6.93. The molecule has 0 N–H and O–H groups in total. The molecule has 0 saturated heterocycles. The molecule has 0 spiro atoms. The summed E-state index contributed by atoms with van der Waals surface area (Å²) < 4.78 is 33.8. The zero-order valence-electron chi connectivity index (χ0n) is 15.6. The van der Waals surface area contributed by atoms with Crippen LogP contribution in [0.4, 0.5) is 0 Å². The van der Waals surface area contributed by atoms with Crippen molar-refractivity contribution in [2.45, 2.75) is 25.9 Å². The van der Waals surface area contributed by atoms with Gasteiger partial charge in [0.1, 0.15) is 5.75 Å². The van der Waals surface area contributed by atoms with E-state index in [4.69, 9.17) is 32.1 Å². The smallest absolute Gasteiger partial charge is 0.264 e. The van der Waals surface area contributed by atoms with Gasteiger partial charge in [0, 0.05) is 10.9 Å². The van der Waals surface area contributed by atoms with Crippen LogP contribution in [0.3, 0.4) is 0 Å². The largest absolute Gasteiger partial charge is 0.481 e. The molecule has 1 saturated carbocycles. The molecular weight excluding hydrogens is 423 g/mol. The van der Waals surface area contributed by atoms with Gasteiger partial charge in [-0.25, -0.2) is 0 Å². The molecule has 0 aromatic heterocycles. The third-order valence-electron chi connectivity index (χ3n) is 5.01. The summed E-state index contributed by atoms with van der Waals surface area (Å²) in [4.78, 5) is 12.9. The van der Waals surface area contributed by atoms with E-state index >= 15 is 0 Å². The summed E-state index contributed by atoms with van der Waals surface area (Å²) in [5.41, 5.74) is 2.90. The highest BCUT2D eigenvalue weighted by Crippen LogP contribution is 2.44. The van der Waals surface area contributed by atoms with Crippen molar-refractivity contribution >= 4 is 39.1 Å². The molecule has 1 fully saturated rings. The molecule has 3 rings (SSSR count). The van der Waals surface area contributed by atoms with Gasteiger partial charge in [-0.2, -0.15) is 8.42 Å². The molecule has 28 heavy (non-hydrogen) atoms. The molecule has 2 aromatic carbocycles. The van der Waals surface area contributed by atoms with Gasteiger partial charge >= 0.3 is 0 Å². The Balaban J connectivity index is 1.91. The minimum atomic E-state index is -3.66. The van der Waals surface area contributed by atoms with E-state index in [9.17, 15) is 13.2 Å². The average molecular weight is 443 g/mol. The third kappa shape index (κ3) is 4.35. The Morgan fingerprint density at radius 1 is 1.11 bits per heavy atom. The first kappa shape index (κ1) is 21.1. The Morgan fingerprint density at radius 3 is 2.46 bits per heavy atom. The number of ketones is 1. The summed E-state index contributed by atoms with van der Waals surface area (Å²) in [7, 11) is -3.66. The number of halogens is 2. The van der Waals surface area contributed by atoms with Gasteiger partial charge in [-0.15, -0.1) is 0 Å². The summed E-state index contributed by atoms with van der Waals surface area (Å²) in [5.74, 6) is -0.790. The summed E-state index contributed by atoms with van der Waals surface area (Å²) >= 11 is 12.1. The topological polar surface area (TPSA) is 69.7 Å². The standard InChI is InChI=1S/C20H20Cl2O5S/c1-11-5-4-6-14(12(11)2)18-15(10-26-28(3,24)25)20(19(18)23)27-17-8-7-13(21)9-16(17)22/h4-9,15,18,20H,10H2,1-3H3/t15-,18+,20-/m1/s1.